The zero-order chi connectivity index (χ0) is 13.8. The van der Waals surface area contributed by atoms with E-state index in [4.69, 9.17) is 18.0 Å². The summed E-state index contributed by atoms with van der Waals surface area (Å²) in [5.74, 6) is 0.137. The van der Waals surface area contributed by atoms with E-state index in [0.717, 1.165) is 25.7 Å². The first-order chi connectivity index (χ1) is 9.11. The van der Waals surface area contributed by atoms with Crippen LogP contribution in [-0.4, -0.2) is 16.9 Å². The highest BCUT2D eigenvalue weighted by Crippen LogP contribution is 2.35. The van der Waals surface area contributed by atoms with Crippen LogP contribution >= 0.6 is 23.6 Å². The average Bonchev–Trinajstić information content (AvgIpc) is 2.85. The number of aryl methyl sites for hydroxylation is 1. The molecule has 0 radical (unpaired) electrons. The molecule has 1 aliphatic carbocycles. The number of amides is 1. The number of fused-ring (bicyclic) bond motifs is 1. The summed E-state index contributed by atoms with van der Waals surface area (Å²) in [5.41, 5.74) is 6.79. The third-order valence-electron chi connectivity index (χ3n) is 3.66. The molecule has 1 aromatic rings. The van der Waals surface area contributed by atoms with E-state index in [-0.39, 0.29) is 17.9 Å². The maximum Gasteiger partial charge on any atom is 0.227 e. The van der Waals surface area contributed by atoms with Crippen LogP contribution in [0.15, 0.2) is 11.4 Å². The summed E-state index contributed by atoms with van der Waals surface area (Å²) in [6.07, 6.45) is 4.59. The second kappa shape index (κ2) is 6.48. The second-order valence-electron chi connectivity index (χ2n) is 5.03. The molecule has 0 saturated carbocycles. The first-order valence-corrected chi connectivity index (χ1v) is 8.05. The van der Waals surface area contributed by atoms with Crippen molar-refractivity contribution in [2.75, 3.05) is 0 Å². The highest BCUT2D eigenvalue weighted by atomic mass is 32.1. The van der Waals surface area contributed by atoms with Crippen LogP contribution in [-0.2, 0) is 11.2 Å². The number of thiocarbonyl (C=S) groups is 1. The van der Waals surface area contributed by atoms with Gasteiger partial charge in [-0.05, 0) is 42.7 Å². The Morgan fingerprint density at radius 1 is 1.68 bits per heavy atom. The number of carbonyl (C=O) groups excluding carboxylic acids is 1. The molecule has 0 saturated heterocycles. The van der Waals surface area contributed by atoms with Crippen molar-refractivity contribution in [3.63, 3.8) is 0 Å². The Morgan fingerprint density at radius 2 is 2.47 bits per heavy atom. The molecule has 1 aromatic heterocycles. The first kappa shape index (κ1) is 14.5. The molecule has 2 atom stereocenters. The van der Waals surface area contributed by atoms with Gasteiger partial charge in [0, 0.05) is 17.3 Å². The number of thiophene rings is 1. The van der Waals surface area contributed by atoms with Gasteiger partial charge in [0.1, 0.15) is 0 Å². The fourth-order valence-electron chi connectivity index (χ4n) is 2.60. The van der Waals surface area contributed by atoms with Crippen molar-refractivity contribution in [1.82, 2.24) is 5.32 Å². The number of hydrogen-bond acceptors (Lipinski definition) is 3. The van der Waals surface area contributed by atoms with Crippen molar-refractivity contribution in [3.05, 3.63) is 21.9 Å². The largest absolute Gasteiger partial charge is 0.393 e. The smallest absolute Gasteiger partial charge is 0.227 e. The number of rotatable bonds is 5. The molecule has 0 fully saturated rings. The van der Waals surface area contributed by atoms with Crippen molar-refractivity contribution in [2.24, 2.45) is 5.73 Å². The maximum absolute atomic E-state index is 12.4. The van der Waals surface area contributed by atoms with Crippen LogP contribution in [0.1, 0.15) is 49.0 Å². The summed E-state index contributed by atoms with van der Waals surface area (Å²) in [4.78, 5) is 14.3. The van der Waals surface area contributed by atoms with Gasteiger partial charge in [0.05, 0.1) is 10.9 Å². The summed E-state index contributed by atoms with van der Waals surface area (Å²) in [6, 6.07) is 2.16. The van der Waals surface area contributed by atoms with Crippen LogP contribution in [0.4, 0.5) is 0 Å². The van der Waals surface area contributed by atoms with Gasteiger partial charge < -0.3 is 11.1 Å². The molecular weight excluding hydrogens is 276 g/mol. The van der Waals surface area contributed by atoms with E-state index >= 15 is 0 Å². The number of carbonyl (C=O) groups is 1. The summed E-state index contributed by atoms with van der Waals surface area (Å²) in [5, 5.41) is 5.18. The number of nitrogens with two attached hydrogens (primary N) is 1. The molecular formula is C14H20N2OS2. The molecule has 3 nitrogen and oxygen atoms in total. The van der Waals surface area contributed by atoms with Gasteiger partial charge in [-0.15, -0.1) is 11.3 Å². The Bertz CT molecular complexity index is 470. The lowest BCUT2D eigenvalue weighted by molar-refractivity contribution is -0.123. The standard InChI is InChI=1S/C14H20N2OS2/c1-2-9(8-13(15)18)16-14(17)11-4-3-5-12-10(11)6-7-19-12/h6-7,9,11H,2-5,8H2,1H3,(H2,15,18)(H,16,17). The Kier molecular flexibility index (Phi) is 4.93. The van der Waals surface area contributed by atoms with Crippen LogP contribution in [0.3, 0.4) is 0 Å². The SMILES string of the molecule is CCC(CC(N)=S)NC(=O)C1CCCc2sccc21. The Labute approximate surface area is 123 Å². The maximum atomic E-state index is 12.4. The lowest BCUT2D eigenvalue weighted by Crippen LogP contribution is -2.40. The van der Waals surface area contributed by atoms with Crippen LogP contribution < -0.4 is 11.1 Å². The molecule has 104 valence electrons. The first-order valence-electron chi connectivity index (χ1n) is 6.76. The molecule has 0 aromatic carbocycles. The second-order valence-corrected chi connectivity index (χ2v) is 6.55. The monoisotopic (exact) mass is 296 g/mol. The van der Waals surface area contributed by atoms with Gasteiger partial charge in [0.15, 0.2) is 0 Å². The fourth-order valence-corrected chi connectivity index (χ4v) is 3.79. The summed E-state index contributed by atoms with van der Waals surface area (Å²) in [7, 11) is 0. The predicted octanol–water partition coefficient (Wildman–Crippen LogP) is 2.74. The quantitative estimate of drug-likeness (QED) is 0.822. The van der Waals surface area contributed by atoms with Crippen molar-refractivity contribution in [2.45, 2.75) is 51.0 Å². The van der Waals surface area contributed by atoms with E-state index < -0.39 is 0 Å². The molecule has 0 spiro atoms. The fraction of sp³-hybridized carbons (Fsp3) is 0.571. The minimum Gasteiger partial charge on any atom is -0.393 e. The predicted molar refractivity (Wildman–Crippen MR) is 83.6 cm³/mol. The lowest BCUT2D eigenvalue weighted by Gasteiger charge is -2.24. The highest BCUT2D eigenvalue weighted by molar-refractivity contribution is 7.80. The van der Waals surface area contributed by atoms with Crippen molar-refractivity contribution in [1.29, 1.82) is 0 Å². The molecule has 19 heavy (non-hydrogen) atoms. The molecule has 0 bridgehead atoms. The molecule has 2 unspecified atom stereocenters. The topological polar surface area (TPSA) is 55.1 Å². The zero-order valence-corrected chi connectivity index (χ0v) is 12.8. The number of nitrogens with one attached hydrogen (secondary N) is 1. The van der Waals surface area contributed by atoms with E-state index in [1.54, 1.807) is 11.3 Å². The van der Waals surface area contributed by atoms with E-state index in [9.17, 15) is 4.79 Å². The Morgan fingerprint density at radius 3 is 3.16 bits per heavy atom. The van der Waals surface area contributed by atoms with E-state index in [2.05, 4.69) is 16.8 Å². The van der Waals surface area contributed by atoms with Gasteiger partial charge in [-0.3, -0.25) is 4.79 Å². The zero-order valence-electron chi connectivity index (χ0n) is 11.1. The Hall–Kier alpha value is -0.940. The van der Waals surface area contributed by atoms with Crippen molar-refractivity contribution >= 4 is 34.5 Å². The van der Waals surface area contributed by atoms with E-state index in [1.165, 1.54) is 10.4 Å². The minimum atomic E-state index is 0.00963. The molecule has 2 rings (SSSR count). The van der Waals surface area contributed by atoms with Crippen LogP contribution in [0.25, 0.3) is 0 Å². The van der Waals surface area contributed by atoms with Crippen LogP contribution in [0, 0.1) is 0 Å². The van der Waals surface area contributed by atoms with Gasteiger partial charge in [-0.25, -0.2) is 0 Å². The third-order valence-corrected chi connectivity index (χ3v) is 4.82. The molecule has 0 aliphatic heterocycles. The van der Waals surface area contributed by atoms with Gasteiger partial charge in [0.2, 0.25) is 5.91 Å². The normalized spacial score (nSPS) is 19.5. The van der Waals surface area contributed by atoms with Crippen LogP contribution in [0.5, 0.6) is 0 Å². The highest BCUT2D eigenvalue weighted by Gasteiger charge is 2.28. The molecule has 1 heterocycles. The van der Waals surface area contributed by atoms with Crippen LogP contribution in [0.2, 0.25) is 0 Å². The van der Waals surface area contributed by atoms with Crippen molar-refractivity contribution < 1.29 is 4.79 Å². The lowest BCUT2D eigenvalue weighted by atomic mass is 9.87. The molecule has 3 N–H and O–H groups in total. The minimum absolute atomic E-state index is 0.00963. The summed E-state index contributed by atoms with van der Waals surface area (Å²) in [6.45, 7) is 2.04. The van der Waals surface area contributed by atoms with Gasteiger partial charge >= 0.3 is 0 Å². The third kappa shape index (κ3) is 3.54. The molecule has 5 heteroatoms. The number of hydrogen-bond donors (Lipinski definition) is 2. The molecule has 1 aliphatic rings. The van der Waals surface area contributed by atoms with Crippen molar-refractivity contribution in [3.8, 4) is 0 Å². The molecule has 1 amide bonds. The summed E-state index contributed by atoms with van der Waals surface area (Å²) >= 11 is 6.69. The summed E-state index contributed by atoms with van der Waals surface area (Å²) < 4.78 is 0. The average molecular weight is 296 g/mol. The van der Waals surface area contributed by atoms with Gasteiger partial charge in [-0.1, -0.05) is 19.1 Å². The Balaban J connectivity index is 2.03. The van der Waals surface area contributed by atoms with E-state index in [0.29, 0.717) is 11.4 Å². The van der Waals surface area contributed by atoms with E-state index in [1.807, 2.05) is 6.92 Å². The van der Waals surface area contributed by atoms with Gasteiger partial charge in [0.25, 0.3) is 0 Å². The van der Waals surface area contributed by atoms with Gasteiger partial charge in [-0.2, -0.15) is 0 Å².